The van der Waals surface area contributed by atoms with E-state index in [1.54, 1.807) is 0 Å². The van der Waals surface area contributed by atoms with Crippen molar-refractivity contribution in [2.75, 3.05) is 18.5 Å². The summed E-state index contributed by atoms with van der Waals surface area (Å²) in [5.41, 5.74) is 2.26. The fraction of sp³-hybridized carbons (Fsp3) is 0.462. The van der Waals surface area contributed by atoms with E-state index < -0.39 is 0 Å². The number of carbonyl (C=O) groups excluding carboxylic acids is 1. The molecule has 1 heterocycles. The summed E-state index contributed by atoms with van der Waals surface area (Å²) in [6.07, 6.45) is 2.84. The Morgan fingerprint density at radius 3 is 3.00 bits per heavy atom. The van der Waals surface area contributed by atoms with Crippen LogP contribution in [-0.4, -0.2) is 19.5 Å². The Labute approximate surface area is 96.5 Å². The molecule has 1 aromatic carbocycles. The van der Waals surface area contributed by atoms with E-state index in [1.165, 1.54) is 5.56 Å². The highest BCUT2D eigenvalue weighted by Gasteiger charge is 2.19. The normalized spacial score (nSPS) is 16.6. The van der Waals surface area contributed by atoms with Crippen LogP contribution < -0.4 is 10.2 Å². The molecule has 1 aromatic rings. The molecule has 0 spiro atoms. The Hall–Kier alpha value is -1.35. The molecule has 16 heavy (non-hydrogen) atoms. The van der Waals surface area contributed by atoms with Crippen LogP contribution in [0.15, 0.2) is 24.3 Å². The number of hydrogen-bond donors (Lipinski definition) is 1. The molecule has 3 nitrogen and oxygen atoms in total. The number of nitrogens with one attached hydrogen (secondary N) is 1. The zero-order chi connectivity index (χ0) is 11.4. The lowest BCUT2D eigenvalue weighted by Gasteiger charge is -2.27. The predicted octanol–water partition coefficient (Wildman–Crippen LogP) is 1.92. The van der Waals surface area contributed by atoms with E-state index in [4.69, 9.17) is 0 Å². The number of rotatable bonds is 3. The SMILES string of the molecule is CNCc1cccc(N2CCCCC2=O)c1. The molecule has 1 aliphatic rings. The third-order valence-electron chi connectivity index (χ3n) is 2.93. The number of benzene rings is 1. The van der Waals surface area contributed by atoms with Crippen LogP contribution >= 0.6 is 0 Å². The second-order valence-corrected chi connectivity index (χ2v) is 4.20. The van der Waals surface area contributed by atoms with Gasteiger partial charge < -0.3 is 10.2 Å². The molecule has 1 saturated heterocycles. The number of anilines is 1. The fourth-order valence-corrected chi connectivity index (χ4v) is 2.12. The highest BCUT2D eigenvalue weighted by Crippen LogP contribution is 2.21. The summed E-state index contributed by atoms with van der Waals surface area (Å²) in [5, 5.41) is 3.12. The van der Waals surface area contributed by atoms with Crippen molar-refractivity contribution < 1.29 is 4.79 Å². The van der Waals surface area contributed by atoms with E-state index in [2.05, 4.69) is 17.4 Å². The Morgan fingerprint density at radius 1 is 1.38 bits per heavy atom. The predicted molar refractivity (Wildman–Crippen MR) is 65.4 cm³/mol. The molecular weight excluding hydrogens is 200 g/mol. The van der Waals surface area contributed by atoms with Crippen molar-refractivity contribution in [1.29, 1.82) is 0 Å². The van der Waals surface area contributed by atoms with Gasteiger partial charge in [0, 0.05) is 25.2 Å². The third-order valence-corrected chi connectivity index (χ3v) is 2.93. The van der Waals surface area contributed by atoms with E-state index >= 15 is 0 Å². The standard InChI is InChI=1S/C13H18N2O/c1-14-10-11-5-4-6-12(9-11)15-8-3-2-7-13(15)16/h4-6,9,14H,2-3,7-8,10H2,1H3. The molecule has 2 rings (SSSR count). The smallest absolute Gasteiger partial charge is 0.226 e. The summed E-state index contributed by atoms with van der Waals surface area (Å²) in [6.45, 7) is 1.71. The molecule has 0 bridgehead atoms. The minimum absolute atomic E-state index is 0.257. The summed E-state index contributed by atoms with van der Waals surface area (Å²) < 4.78 is 0. The molecule has 1 N–H and O–H groups in total. The van der Waals surface area contributed by atoms with E-state index in [0.29, 0.717) is 6.42 Å². The van der Waals surface area contributed by atoms with Crippen LogP contribution in [0.5, 0.6) is 0 Å². The summed E-state index contributed by atoms with van der Waals surface area (Å²) in [5.74, 6) is 0.257. The van der Waals surface area contributed by atoms with Gasteiger partial charge in [-0.3, -0.25) is 4.79 Å². The molecule has 86 valence electrons. The Bertz CT molecular complexity index is 376. The van der Waals surface area contributed by atoms with Crippen LogP contribution in [0.25, 0.3) is 0 Å². The number of hydrogen-bond acceptors (Lipinski definition) is 2. The van der Waals surface area contributed by atoms with Gasteiger partial charge in [0.1, 0.15) is 0 Å². The summed E-state index contributed by atoms with van der Waals surface area (Å²) in [4.78, 5) is 13.7. The Kier molecular flexibility index (Phi) is 3.57. The molecule has 0 aliphatic carbocycles. The molecule has 1 aliphatic heterocycles. The van der Waals surface area contributed by atoms with Crippen molar-refractivity contribution in [3.05, 3.63) is 29.8 Å². The van der Waals surface area contributed by atoms with Gasteiger partial charge >= 0.3 is 0 Å². The van der Waals surface area contributed by atoms with Crippen molar-refractivity contribution in [2.24, 2.45) is 0 Å². The first-order chi connectivity index (χ1) is 7.81. The van der Waals surface area contributed by atoms with E-state index in [0.717, 1.165) is 31.6 Å². The van der Waals surface area contributed by atoms with Gasteiger partial charge in [0.25, 0.3) is 0 Å². The number of amides is 1. The Morgan fingerprint density at radius 2 is 2.25 bits per heavy atom. The average molecular weight is 218 g/mol. The first-order valence-electron chi connectivity index (χ1n) is 5.85. The summed E-state index contributed by atoms with van der Waals surface area (Å²) in [7, 11) is 1.93. The van der Waals surface area contributed by atoms with Crippen LogP contribution in [0.2, 0.25) is 0 Å². The van der Waals surface area contributed by atoms with Gasteiger partial charge in [0.15, 0.2) is 0 Å². The van der Waals surface area contributed by atoms with Crippen LogP contribution in [0.4, 0.5) is 5.69 Å². The first-order valence-corrected chi connectivity index (χ1v) is 5.85. The average Bonchev–Trinajstić information content (AvgIpc) is 2.30. The van der Waals surface area contributed by atoms with E-state index in [-0.39, 0.29) is 5.91 Å². The topological polar surface area (TPSA) is 32.3 Å². The van der Waals surface area contributed by atoms with Crippen LogP contribution in [0, 0.1) is 0 Å². The molecular formula is C13H18N2O. The third kappa shape index (κ3) is 2.42. The highest BCUT2D eigenvalue weighted by atomic mass is 16.2. The maximum absolute atomic E-state index is 11.8. The van der Waals surface area contributed by atoms with Gasteiger partial charge in [0.05, 0.1) is 0 Å². The van der Waals surface area contributed by atoms with Gasteiger partial charge in [-0.25, -0.2) is 0 Å². The van der Waals surface area contributed by atoms with Gasteiger partial charge in [-0.15, -0.1) is 0 Å². The number of nitrogens with zero attached hydrogens (tertiary/aromatic N) is 1. The Balaban J connectivity index is 2.18. The molecule has 3 heteroatoms. The van der Waals surface area contributed by atoms with Gasteiger partial charge in [-0.1, -0.05) is 12.1 Å². The molecule has 0 aromatic heterocycles. The lowest BCUT2D eigenvalue weighted by atomic mass is 10.1. The molecule has 1 amide bonds. The fourth-order valence-electron chi connectivity index (χ4n) is 2.12. The lowest BCUT2D eigenvalue weighted by Crippen LogP contribution is -2.35. The van der Waals surface area contributed by atoms with Gasteiger partial charge in [-0.2, -0.15) is 0 Å². The van der Waals surface area contributed by atoms with Crippen molar-refractivity contribution in [3.63, 3.8) is 0 Å². The van der Waals surface area contributed by atoms with Crippen LogP contribution in [0.1, 0.15) is 24.8 Å². The first kappa shape index (κ1) is 11.1. The lowest BCUT2D eigenvalue weighted by molar-refractivity contribution is -0.119. The van der Waals surface area contributed by atoms with Crippen molar-refractivity contribution in [3.8, 4) is 0 Å². The quantitative estimate of drug-likeness (QED) is 0.840. The second-order valence-electron chi connectivity index (χ2n) is 4.20. The van der Waals surface area contributed by atoms with Crippen molar-refractivity contribution >= 4 is 11.6 Å². The van der Waals surface area contributed by atoms with E-state index in [1.807, 2.05) is 24.1 Å². The van der Waals surface area contributed by atoms with Crippen molar-refractivity contribution in [2.45, 2.75) is 25.8 Å². The summed E-state index contributed by atoms with van der Waals surface area (Å²) in [6, 6.07) is 8.21. The molecule has 0 radical (unpaired) electrons. The van der Waals surface area contributed by atoms with E-state index in [9.17, 15) is 4.79 Å². The molecule has 0 saturated carbocycles. The summed E-state index contributed by atoms with van der Waals surface area (Å²) >= 11 is 0. The van der Waals surface area contributed by atoms with Gasteiger partial charge in [-0.05, 0) is 37.6 Å². The largest absolute Gasteiger partial charge is 0.316 e. The zero-order valence-corrected chi connectivity index (χ0v) is 9.70. The molecule has 1 fully saturated rings. The van der Waals surface area contributed by atoms with Crippen LogP contribution in [-0.2, 0) is 11.3 Å². The second kappa shape index (κ2) is 5.12. The monoisotopic (exact) mass is 218 g/mol. The molecule has 0 unspecified atom stereocenters. The minimum atomic E-state index is 0.257. The highest BCUT2D eigenvalue weighted by molar-refractivity contribution is 5.94. The zero-order valence-electron chi connectivity index (χ0n) is 9.70. The minimum Gasteiger partial charge on any atom is -0.316 e. The van der Waals surface area contributed by atoms with Gasteiger partial charge in [0.2, 0.25) is 5.91 Å². The van der Waals surface area contributed by atoms with Crippen LogP contribution in [0.3, 0.4) is 0 Å². The molecule has 0 atom stereocenters. The maximum Gasteiger partial charge on any atom is 0.226 e. The van der Waals surface area contributed by atoms with Crippen molar-refractivity contribution in [1.82, 2.24) is 5.32 Å². The maximum atomic E-state index is 11.8. The number of carbonyl (C=O) groups is 1. The number of piperidine rings is 1.